The Kier molecular flexibility index (Phi) is 10.4. The van der Waals surface area contributed by atoms with Crippen LogP contribution in [0.5, 0.6) is 0 Å². The van der Waals surface area contributed by atoms with Gasteiger partial charge >= 0.3 is 0 Å². The summed E-state index contributed by atoms with van der Waals surface area (Å²) in [6, 6.07) is 6.96. The number of hydrogen-bond donors (Lipinski definition) is 2. The van der Waals surface area contributed by atoms with E-state index in [2.05, 4.69) is 32.7 Å². The Balaban J connectivity index is 0.00000392. The molecule has 0 fully saturated rings. The first-order valence-corrected chi connectivity index (χ1v) is 11.0. The number of benzene rings is 1. The maximum Gasteiger partial charge on any atom is 0.191 e. The number of hydrogen-bond acceptors (Lipinski definition) is 5. The van der Waals surface area contributed by atoms with E-state index in [-0.39, 0.29) is 24.0 Å². The standard InChI is InChI=1S/C18H28N6O2S.HI/c1-4-17-23-22-14-24(17)13-12-21-18(19-5-2)20-11-10-15-6-8-16(9-7-15)27(3,25)26;/h6-9,14H,4-5,10-13H2,1-3H3,(H2,19,20,21);1H. The molecule has 8 nitrogen and oxygen atoms in total. The van der Waals surface area contributed by atoms with Crippen LogP contribution in [-0.4, -0.2) is 55.0 Å². The zero-order valence-electron chi connectivity index (χ0n) is 16.6. The van der Waals surface area contributed by atoms with E-state index in [1.807, 2.05) is 23.6 Å². The summed E-state index contributed by atoms with van der Waals surface area (Å²) in [6.45, 7) is 6.97. The maximum atomic E-state index is 11.5. The van der Waals surface area contributed by atoms with Gasteiger partial charge in [-0.25, -0.2) is 8.42 Å². The first-order valence-electron chi connectivity index (χ1n) is 9.12. The smallest absolute Gasteiger partial charge is 0.191 e. The molecule has 156 valence electrons. The van der Waals surface area contributed by atoms with Gasteiger partial charge in [-0.05, 0) is 31.0 Å². The Morgan fingerprint density at radius 1 is 1.18 bits per heavy atom. The molecule has 10 heteroatoms. The summed E-state index contributed by atoms with van der Waals surface area (Å²) in [4.78, 5) is 4.92. The summed E-state index contributed by atoms with van der Waals surface area (Å²) in [5.74, 6) is 1.73. The summed E-state index contributed by atoms with van der Waals surface area (Å²) in [5.41, 5.74) is 1.05. The third-order valence-electron chi connectivity index (χ3n) is 4.02. The van der Waals surface area contributed by atoms with Gasteiger partial charge in [-0.1, -0.05) is 19.1 Å². The number of nitrogens with zero attached hydrogens (tertiary/aromatic N) is 4. The van der Waals surface area contributed by atoms with Gasteiger partial charge in [0.1, 0.15) is 12.2 Å². The molecule has 0 aliphatic rings. The minimum atomic E-state index is -3.15. The molecule has 2 aromatic rings. The van der Waals surface area contributed by atoms with Crippen molar-refractivity contribution >= 4 is 39.8 Å². The van der Waals surface area contributed by atoms with Crippen LogP contribution in [0, 0.1) is 0 Å². The Morgan fingerprint density at radius 3 is 2.50 bits per heavy atom. The highest BCUT2D eigenvalue weighted by Crippen LogP contribution is 2.10. The van der Waals surface area contributed by atoms with Gasteiger partial charge in [0.05, 0.1) is 4.90 Å². The Hall–Kier alpha value is -1.69. The molecule has 1 heterocycles. The lowest BCUT2D eigenvalue weighted by molar-refractivity contribution is 0.602. The summed E-state index contributed by atoms with van der Waals surface area (Å²) in [6.07, 6.45) is 4.55. The van der Waals surface area contributed by atoms with Gasteiger partial charge in [0.15, 0.2) is 15.8 Å². The highest BCUT2D eigenvalue weighted by molar-refractivity contribution is 14.0. The van der Waals surface area contributed by atoms with Crippen LogP contribution in [0.25, 0.3) is 0 Å². The average Bonchev–Trinajstić information content (AvgIpc) is 3.09. The number of guanidine groups is 1. The van der Waals surface area contributed by atoms with Crippen LogP contribution in [0.1, 0.15) is 25.2 Å². The molecule has 1 aromatic heterocycles. The van der Waals surface area contributed by atoms with Crippen LogP contribution < -0.4 is 10.6 Å². The van der Waals surface area contributed by atoms with Gasteiger partial charge in [-0.3, -0.25) is 4.99 Å². The van der Waals surface area contributed by atoms with E-state index < -0.39 is 9.84 Å². The molecule has 0 spiro atoms. The van der Waals surface area contributed by atoms with Gasteiger partial charge < -0.3 is 15.2 Å². The molecule has 1 aromatic carbocycles. The Labute approximate surface area is 184 Å². The summed E-state index contributed by atoms with van der Waals surface area (Å²) < 4.78 is 25.0. The van der Waals surface area contributed by atoms with Crippen molar-refractivity contribution in [3.63, 3.8) is 0 Å². The van der Waals surface area contributed by atoms with Crippen molar-refractivity contribution in [2.45, 2.75) is 38.1 Å². The van der Waals surface area contributed by atoms with E-state index in [1.165, 1.54) is 6.26 Å². The van der Waals surface area contributed by atoms with Gasteiger partial charge in [0.25, 0.3) is 0 Å². The Bertz CT molecular complexity index is 849. The molecule has 0 aliphatic heterocycles. The van der Waals surface area contributed by atoms with Crippen LogP contribution in [0.2, 0.25) is 0 Å². The van der Waals surface area contributed by atoms with E-state index >= 15 is 0 Å². The first kappa shape index (κ1) is 24.3. The fourth-order valence-corrected chi connectivity index (χ4v) is 3.21. The molecule has 0 atom stereocenters. The van der Waals surface area contributed by atoms with Crippen molar-refractivity contribution in [2.75, 3.05) is 25.9 Å². The lowest BCUT2D eigenvalue weighted by Crippen LogP contribution is -2.39. The molecule has 0 saturated heterocycles. The number of sulfone groups is 1. The predicted molar refractivity (Wildman–Crippen MR) is 122 cm³/mol. The predicted octanol–water partition coefficient (Wildman–Crippen LogP) is 1.66. The minimum absolute atomic E-state index is 0. The number of aryl methyl sites for hydroxylation is 1. The molecular weight excluding hydrogens is 491 g/mol. The van der Waals surface area contributed by atoms with E-state index in [1.54, 1.807) is 18.5 Å². The third kappa shape index (κ3) is 7.74. The van der Waals surface area contributed by atoms with Crippen molar-refractivity contribution in [3.05, 3.63) is 42.0 Å². The Morgan fingerprint density at radius 2 is 1.89 bits per heavy atom. The van der Waals surface area contributed by atoms with Gasteiger partial charge in [0, 0.05) is 38.9 Å². The molecule has 0 aliphatic carbocycles. The first-order chi connectivity index (χ1) is 12.9. The average molecular weight is 520 g/mol. The molecule has 0 saturated carbocycles. The van der Waals surface area contributed by atoms with Gasteiger partial charge in [-0.15, -0.1) is 34.2 Å². The van der Waals surface area contributed by atoms with Gasteiger partial charge in [-0.2, -0.15) is 0 Å². The SMILES string of the molecule is CCNC(=NCCc1ccc(S(C)(=O)=O)cc1)NCCn1cnnc1CC.I. The van der Waals surface area contributed by atoms with Crippen molar-refractivity contribution in [1.29, 1.82) is 0 Å². The minimum Gasteiger partial charge on any atom is -0.357 e. The summed E-state index contributed by atoms with van der Waals surface area (Å²) >= 11 is 0. The fourth-order valence-electron chi connectivity index (χ4n) is 2.58. The number of nitrogens with one attached hydrogen (secondary N) is 2. The van der Waals surface area contributed by atoms with Crippen LogP contribution in [0.4, 0.5) is 0 Å². The molecule has 0 radical (unpaired) electrons. The number of rotatable bonds is 9. The molecule has 2 N–H and O–H groups in total. The molecule has 0 unspecified atom stereocenters. The number of aromatic nitrogens is 3. The van der Waals surface area contributed by atoms with Crippen molar-refractivity contribution in [1.82, 2.24) is 25.4 Å². The van der Waals surface area contributed by atoms with Crippen molar-refractivity contribution in [3.8, 4) is 0 Å². The monoisotopic (exact) mass is 520 g/mol. The topological polar surface area (TPSA) is 101 Å². The summed E-state index contributed by atoms with van der Waals surface area (Å²) in [5, 5.41) is 14.5. The van der Waals surface area contributed by atoms with Crippen molar-refractivity contribution in [2.24, 2.45) is 4.99 Å². The van der Waals surface area contributed by atoms with Crippen LogP contribution in [0.15, 0.2) is 40.5 Å². The second-order valence-corrected chi connectivity index (χ2v) is 8.16. The van der Waals surface area contributed by atoms with E-state index in [0.29, 0.717) is 11.4 Å². The molecule has 0 amide bonds. The van der Waals surface area contributed by atoms with Gasteiger partial charge in [0.2, 0.25) is 0 Å². The third-order valence-corrected chi connectivity index (χ3v) is 5.15. The normalized spacial score (nSPS) is 11.8. The lowest BCUT2D eigenvalue weighted by atomic mass is 10.1. The van der Waals surface area contributed by atoms with Crippen LogP contribution in [0.3, 0.4) is 0 Å². The van der Waals surface area contributed by atoms with Crippen LogP contribution >= 0.6 is 24.0 Å². The second kappa shape index (κ2) is 12.0. The molecular formula is C18H29IN6O2S. The van der Waals surface area contributed by atoms with E-state index in [9.17, 15) is 8.42 Å². The van der Waals surface area contributed by atoms with E-state index in [0.717, 1.165) is 49.8 Å². The quantitative estimate of drug-likeness (QED) is 0.297. The zero-order valence-corrected chi connectivity index (χ0v) is 19.7. The molecule has 28 heavy (non-hydrogen) atoms. The molecule has 0 bridgehead atoms. The lowest BCUT2D eigenvalue weighted by Gasteiger charge is -2.12. The zero-order chi connectivity index (χ0) is 19.7. The van der Waals surface area contributed by atoms with Crippen molar-refractivity contribution < 1.29 is 8.42 Å². The molecule has 2 rings (SSSR count). The summed E-state index contributed by atoms with van der Waals surface area (Å²) in [7, 11) is -3.15. The number of aliphatic imine (C=N–C) groups is 1. The maximum absolute atomic E-state index is 11.5. The largest absolute Gasteiger partial charge is 0.357 e. The highest BCUT2D eigenvalue weighted by Gasteiger charge is 2.06. The highest BCUT2D eigenvalue weighted by atomic mass is 127. The van der Waals surface area contributed by atoms with E-state index in [4.69, 9.17) is 0 Å². The number of halogens is 1. The van der Waals surface area contributed by atoms with Crippen LogP contribution in [-0.2, 0) is 29.2 Å². The second-order valence-electron chi connectivity index (χ2n) is 6.15. The fraction of sp³-hybridized carbons (Fsp3) is 0.500.